The first-order valence-corrected chi connectivity index (χ1v) is 6.92. The molecule has 0 saturated carbocycles. The molecule has 1 aliphatic rings. The van der Waals surface area contributed by atoms with E-state index >= 15 is 0 Å². The van der Waals surface area contributed by atoms with Crippen LogP contribution in [0.3, 0.4) is 0 Å². The summed E-state index contributed by atoms with van der Waals surface area (Å²) >= 11 is 2.11. The van der Waals surface area contributed by atoms with Crippen molar-refractivity contribution in [3.05, 3.63) is 0 Å². The molecule has 0 unspecified atom stereocenters. The molecular weight excluding hydrogens is 204 g/mol. The van der Waals surface area contributed by atoms with Crippen LogP contribution < -0.4 is 5.73 Å². The van der Waals surface area contributed by atoms with Crippen molar-refractivity contribution in [3.8, 4) is 0 Å². The van der Waals surface area contributed by atoms with Crippen LogP contribution >= 0.6 is 11.8 Å². The quantitative estimate of drug-likeness (QED) is 0.807. The highest BCUT2D eigenvalue weighted by molar-refractivity contribution is 8.00. The average molecular weight is 230 g/mol. The fourth-order valence-corrected chi connectivity index (χ4v) is 2.87. The van der Waals surface area contributed by atoms with Gasteiger partial charge in [-0.05, 0) is 39.8 Å². The van der Waals surface area contributed by atoms with Gasteiger partial charge >= 0.3 is 0 Å². The van der Waals surface area contributed by atoms with Crippen LogP contribution in [0, 0.1) is 0 Å². The van der Waals surface area contributed by atoms with Gasteiger partial charge in [-0.2, -0.15) is 11.8 Å². The molecule has 1 fully saturated rings. The van der Waals surface area contributed by atoms with Crippen molar-refractivity contribution >= 4 is 11.8 Å². The average Bonchev–Trinajstić information content (AvgIpc) is 2.22. The van der Waals surface area contributed by atoms with Gasteiger partial charge in [0, 0.05) is 22.6 Å². The van der Waals surface area contributed by atoms with Crippen molar-refractivity contribution in [2.45, 2.75) is 50.8 Å². The van der Waals surface area contributed by atoms with Crippen LogP contribution in [0.4, 0.5) is 0 Å². The summed E-state index contributed by atoms with van der Waals surface area (Å²) in [5.74, 6) is 1.26. The van der Waals surface area contributed by atoms with Crippen molar-refractivity contribution < 1.29 is 0 Å². The fourth-order valence-electron chi connectivity index (χ4n) is 1.73. The largest absolute Gasteiger partial charge is 0.326 e. The summed E-state index contributed by atoms with van der Waals surface area (Å²) in [7, 11) is 0. The van der Waals surface area contributed by atoms with Gasteiger partial charge in [0.05, 0.1) is 0 Å². The zero-order valence-electron chi connectivity index (χ0n) is 10.7. The molecule has 3 heteroatoms. The first-order chi connectivity index (χ1) is 6.79. The third kappa shape index (κ3) is 5.79. The minimum atomic E-state index is -0.0189. The van der Waals surface area contributed by atoms with Gasteiger partial charge in [0.1, 0.15) is 0 Å². The van der Waals surface area contributed by atoms with E-state index in [1.54, 1.807) is 0 Å². The number of hydrogen-bond donors (Lipinski definition) is 1. The van der Waals surface area contributed by atoms with Gasteiger partial charge < -0.3 is 10.6 Å². The van der Waals surface area contributed by atoms with Gasteiger partial charge in [-0.1, -0.05) is 13.8 Å². The molecule has 15 heavy (non-hydrogen) atoms. The number of nitrogens with zero attached hydrogens (tertiary/aromatic N) is 1. The molecule has 0 aromatic rings. The van der Waals surface area contributed by atoms with Crippen molar-refractivity contribution in [1.82, 2.24) is 4.90 Å². The summed E-state index contributed by atoms with van der Waals surface area (Å²) in [6.07, 6.45) is 2.39. The maximum Gasteiger partial charge on any atom is 0.0116 e. The summed E-state index contributed by atoms with van der Waals surface area (Å²) in [6, 6.07) is 0. The summed E-state index contributed by atoms with van der Waals surface area (Å²) in [4.78, 5) is 2.57. The Balaban J connectivity index is 2.32. The highest BCUT2D eigenvalue weighted by Gasteiger charge is 2.24. The molecule has 0 atom stereocenters. The Hall–Kier alpha value is 0.270. The first-order valence-electron chi connectivity index (χ1n) is 5.94. The predicted octanol–water partition coefficient (Wildman–Crippen LogP) is 2.33. The van der Waals surface area contributed by atoms with Gasteiger partial charge in [0.15, 0.2) is 0 Å². The molecule has 1 heterocycles. The molecule has 1 aliphatic heterocycles. The maximum absolute atomic E-state index is 6.01. The number of rotatable bonds is 3. The van der Waals surface area contributed by atoms with Gasteiger partial charge in [0.25, 0.3) is 0 Å². The van der Waals surface area contributed by atoms with E-state index in [4.69, 9.17) is 5.73 Å². The Morgan fingerprint density at radius 3 is 2.60 bits per heavy atom. The van der Waals surface area contributed by atoms with Crippen LogP contribution in [-0.2, 0) is 0 Å². The number of nitrogens with two attached hydrogens (primary N) is 1. The zero-order valence-corrected chi connectivity index (χ0v) is 11.5. The second-order valence-corrected chi connectivity index (χ2v) is 7.74. The Morgan fingerprint density at radius 1 is 1.33 bits per heavy atom. The Morgan fingerprint density at radius 2 is 2.00 bits per heavy atom. The third-order valence-electron chi connectivity index (χ3n) is 3.00. The summed E-state index contributed by atoms with van der Waals surface area (Å²) < 4.78 is 0.465. The van der Waals surface area contributed by atoms with E-state index < -0.39 is 0 Å². The molecule has 1 saturated heterocycles. The van der Waals surface area contributed by atoms with E-state index in [0.29, 0.717) is 4.75 Å². The SMILES string of the molecule is CC(C)(N)CCN1CCSC(C)(C)CC1. The highest BCUT2D eigenvalue weighted by atomic mass is 32.2. The van der Waals surface area contributed by atoms with Crippen LogP contribution in [0.15, 0.2) is 0 Å². The second-order valence-electron chi connectivity index (χ2n) is 5.94. The second kappa shape index (κ2) is 5.07. The molecular formula is C12H26N2S. The normalized spacial score (nSPS) is 23.8. The molecule has 0 radical (unpaired) electrons. The van der Waals surface area contributed by atoms with E-state index in [2.05, 4.69) is 44.4 Å². The Kier molecular flexibility index (Phi) is 4.50. The van der Waals surface area contributed by atoms with E-state index in [9.17, 15) is 0 Å². The minimum absolute atomic E-state index is 0.0189. The fraction of sp³-hybridized carbons (Fsp3) is 1.00. The van der Waals surface area contributed by atoms with Gasteiger partial charge in [-0.3, -0.25) is 0 Å². The molecule has 1 rings (SSSR count). The summed E-state index contributed by atoms with van der Waals surface area (Å²) in [5.41, 5.74) is 5.99. The molecule has 0 bridgehead atoms. The number of thioether (sulfide) groups is 1. The lowest BCUT2D eigenvalue weighted by Crippen LogP contribution is -2.38. The number of hydrogen-bond acceptors (Lipinski definition) is 3. The minimum Gasteiger partial charge on any atom is -0.326 e. The van der Waals surface area contributed by atoms with Crippen LogP contribution in [0.25, 0.3) is 0 Å². The smallest absolute Gasteiger partial charge is 0.0116 e. The molecule has 90 valence electrons. The molecule has 0 aromatic heterocycles. The Bertz CT molecular complexity index is 196. The molecule has 0 amide bonds. The summed E-state index contributed by atoms with van der Waals surface area (Å²) in [6.45, 7) is 12.6. The van der Waals surface area contributed by atoms with Crippen molar-refractivity contribution in [3.63, 3.8) is 0 Å². The molecule has 0 spiro atoms. The van der Waals surface area contributed by atoms with Gasteiger partial charge in [-0.15, -0.1) is 0 Å². The third-order valence-corrected chi connectivity index (χ3v) is 4.38. The summed E-state index contributed by atoms with van der Waals surface area (Å²) in [5, 5.41) is 0. The van der Waals surface area contributed by atoms with Crippen LogP contribution in [-0.4, -0.2) is 40.6 Å². The van der Waals surface area contributed by atoms with E-state index in [0.717, 1.165) is 13.0 Å². The maximum atomic E-state index is 6.01. The van der Waals surface area contributed by atoms with E-state index in [1.165, 1.54) is 25.3 Å². The lowest BCUT2D eigenvalue weighted by Gasteiger charge is -2.26. The lowest BCUT2D eigenvalue weighted by atomic mass is 10.0. The van der Waals surface area contributed by atoms with E-state index in [1.807, 2.05) is 0 Å². The highest BCUT2D eigenvalue weighted by Crippen LogP contribution is 2.30. The molecule has 0 aliphatic carbocycles. The zero-order chi connectivity index (χ0) is 11.5. The monoisotopic (exact) mass is 230 g/mol. The first kappa shape index (κ1) is 13.3. The van der Waals surface area contributed by atoms with Crippen LogP contribution in [0.1, 0.15) is 40.5 Å². The molecule has 0 aromatic carbocycles. The van der Waals surface area contributed by atoms with Crippen molar-refractivity contribution in [2.75, 3.05) is 25.4 Å². The van der Waals surface area contributed by atoms with Gasteiger partial charge in [-0.25, -0.2) is 0 Å². The van der Waals surface area contributed by atoms with Gasteiger partial charge in [0.2, 0.25) is 0 Å². The van der Waals surface area contributed by atoms with Crippen LogP contribution in [0.2, 0.25) is 0 Å². The predicted molar refractivity (Wildman–Crippen MR) is 70.5 cm³/mol. The Labute approximate surface area is 99.0 Å². The van der Waals surface area contributed by atoms with Crippen molar-refractivity contribution in [2.24, 2.45) is 5.73 Å². The van der Waals surface area contributed by atoms with Crippen molar-refractivity contribution in [1.29, 1.82) is 0 Å². The van der Waals surface area contributed by atoms with E-state index in [-0.39, 0.29) is 5.54 Å². The lowest BCUT2D eigenvalue weighted by molar-refractivity contribution is 0.257. The van der Waals surface area contributed by atoms with Crippen LogP contribution in [0.5, 0.6) is 0 Å². The standard InChI is InChI=1S/C12H26N2S/c1-11(2,13)5-7-14-8-6-12(3,4)15-10-9-14/h5-10,13H2,1-4H3. The molecule has 2 N–H and O–H groups in total. The topological polar surface area (TPSA) is 29.3 Å². The molecule has 2 nitrogen and oxygen atoms in total.